The summed E-state index contributed by atoms with van der Waals surface area (Å²) >= 11 is 12.0. The summed E-state index contributed by atoms with van der Waals surface area (Å²) < 4.78 is 0. The number of rotatable bonds is 3. The Morgan fingerprint density at radius 1 is 0.722 bits per heavy atom. The highest BCUT2D eigenvalue weighted by Crippen LogP contribution is 2.40. The summed E-state index contributed by atoms with van der Waals surface area (Å²) in [6.45, 7) is 0. The van der Waals surface area contributed by atoms with E-state index in [1.165, 1.54) is 0 Å². The Hall–Kier alpha value is -1.38. The molecule has 2 aromatic rings. The SMILES string of the molecule is Oc1ccccc1C(c1ccccc1O)C(Cl)Cl. The van der Waals surface area contributed by atoms with Crippen LogP contribution in [0, 0.1) is 0 Å². The molecule has 0 bridgehead atoms. The van der Waals surface area contributed by atoms with Crippen LogP contribution in [0.25, 0.3) is 0 Å². The number of phenols is 2. The van der Waals surface area contributed by atoms with Crippen molar-refractivity contribution in [1.29, 1.82) is 0 Å². The van der Waals surface area contributed by atoms with E-state index in [-0.39, 0.29) is 11.5 Å². The van der Waals surface area contributed by atoms with Crippen molar-refractivity contribution < 1.29 is 10.2 Å². The molecule has 0 aliphatic heterocycles. The number of phenolic OH excluding ortho intramolecular Hbond substituents is 2. The summed E-state index contributed by atoms with van der Waals surface area (Å²) in [5.74, 6) is -0.259. The van der Waals surface area contributed by atoms with Crippen LogP contribution in [0.5, 0.6) is 11.5 Å². The molecule has 0 unspecified atom stereocenters. The molecule has 94 valence electrons. The van der Waals surface area contributed by atoms with E-state index >= 15 is 0 Å². The number of para-hydroxylation sites is 2. The Labute approximate surface area is 115 Å². The number of halogens is 2. The number of aromatic hydroxyl groups is 2. The van der Waals surface area contributed by atoms with Gasteiger partial charge < -0.3 is 10.2 Å². The normalized spacial score (nSPS) is 11.1. The molecule has 0 saturated carbocycles. The van der Waals surface area contributed by atoms with E-state index < -0.39 is 10.8 Å². The van der Waals surface area contributed by atoms with Gasteiger partial charge in [0.15, 0.2) is 0 Å². The summed E-state index contributed by atoms with van der Waals surface area (Å²) in [6, 6.07) is 13.6. The highest BCUT2D eigenvalue weighted by Gasteiger charge is 2.26. The lowest BCUT2D eigenvalue weighted by Gasteiger charge is -2.20. The fraction of sp³-hybridized carbons (Fsp3) is 0.143. The maximum Gasteiger partial charge on any atom is 0.119 e. The Morgan fingerprint density at radius 3 is 1.44 bits per heavy atom. The van der Waals surface area contributed by atoms with Crippen molar-refractivity contribution in [2.75, 3.05) is 0 Å². The van der Waals surface area contributed by atoms with E-state index in [1.807, 2.05) is 0 Å². The number of alkyl halides is 2. The first-order chi connectivity index (χ1) is 8.61. The Balaban J connectivity index is 2.55. The third-order valence-electron chi connectivity index (χ3n) is 2.80. The molecule has 2 rings (SSSR count). The molecular formula is C14H12Cl2O2. The Kier molecular flexibility index (Phi) is 4.00. The Morgan fingerprint density at radius 2 is 1.11 bits per heavy atom. The molecule has 4 heteroatoms. The maximum absolute atomic E-state index is 9.88. The van der Waals surface area contributed by atoms with Crippen molar-refractivity contribution in [3.8, 4) is 11.5 Å². The lowest BCUT2D eigenvalue weighted by Crippen LogP contribution is -2.09. The molecule has 18 heavy (non-hydrogen) atoms. The van der Waals surface area contributed by atoms with Crippen molar-refractivity contribution in [2.24, 2.45) is 0 Å². The van der Waals surface area contributed by atoms with Gasteiger partial charge in [-0.15, -0.1) is 23.2 Å². The number of hydrogen-bond acceptors (Lipinski definition) is 2. The molecule has 0 atom stereocenters. The molecule has 0 heterocycles. The predicted octanol–water partition coefficient (Wildman–Crippen LogP) is 4.03. The third kappa shape index (κ3) is 2.55. The number of hydrogen-bond donors (Lipinski definition) is 2. The van der Waals surface area contributed by atoms with Crippen molar-refractivity contribution in [1.82, 2.24) is 0 Å². The minimum Gasteiger partial charge on any atom is -0.508 e. The molecule has 0 spiro atoms. The highest BCUT2D eigenvalue weighted by atomic mass is 35.5. The summed E-state index contributed by atoms with van der Waals surface area (Å²) in [4.78, 5) is -0.772. The van der Waals surface area contributed by atoms with Crippen molar-refractivity contribution in [2.45, 2.75) is 10.8 Å². The van der Waals surface area contributed by atoms with Gasteiger partial charge in [-0.05, 0) is 12.1 Å². The van der Waals surface area contributed by atoms with Crippen molar-refractivity contribution in [3.63, 3.8) is 0 Å². The lowest BCUT2D eigenvalue weighted by molar-refractivity contribution is 0.456. The first kappa shape index (κ1) is 13.1. The molecule has 0 fully saturated rings. The average molecular weight is 283 g/mol. The summed E-state index contributed by atoms with van der Waals surface area (Å²) in [5.41, 5.74) is 1.18. The molecule has 0 aromatic heterocycles. The van der Waals surface area contributed by atoms with Crippen molar-refractivity contribution >= 4 is 23.2 Å². The topological polar surface area (TPSA) is 40.5 Å². The van der Waals surface area contributed by atoms with Gasteiger partial charge >= 0.3 is 0 Å². The summed E-state index contributed by atoms with van der Waals surface area (Å²) in [7, 11) is 0. The van der Waals surface area contributed by atoms with Gasteiger partial charge in [-0.2, -0.15) is 0 Å². The quantitative estimate of drug-likeness (QED) is 0.835. The van der Waals surface area contributed by atoms with Gasteiger partial charge in [0.1, 0.15) is 16.3 Å². The highest BCUT2D eigenvalue weighted by molar-refractivity contribution is 6.45. The zero-order valence-electron chi connectivity index (χ0n) is 9.42. The van der Waals surface area contributed by atoms with E-state index in [4.69, 9.17) is 23.2 Å². The minimum absolute atomic E-state index is 0.108. The number of benzene rings is 2. The fourth-order valence-electron chi connectivity index (χ4n) is 1.94. The van der Waals surface area contributed by atoms with E-state index in [0.717, 1.165) is 0 Å². The molecule has 0 amide bonds. The van der Waals surface area contributed by atoms with Crippen molar-refractivity contribution in [3.05, 3.63) is 59.7 Å². The van der Waals surface area contributed by atoms with Crippen LogP contribution in [0.3, 0.4) is 0 Å². The molecule has 0 aliphatic rings. The molecule has 2 aromatic carbocycles. The van der Waals surface area contributed by atoms with E-state index in [2.05, 4.69) is 0 Å². The van der Waals surface area contributed by atoms with Gasteiger partial charge in [0, 0.05) is 17.0 Å². The van der Waals surface area contributed by atoms with Crippen LogP contribution in [0.2, 0.25) is 0 Å². The zero-order chi connectivity index (χ0) is 13.1. The molecule has 0 radical (unpaired) electrons. The second-order valence-corrected chi connectivity index (χ2v) is 5.09. The average Bonchev–Trinajstić information content (AvgIpc) is 2.34. The Bertz CT molecular complexity index is 495. The van der Waals surface area contributed by atoms with Crippen LogP contribution < -0.4 is 0 Å². The zero-order valence-corrected chi connectivity index (χ0v) is 10.9. The van der Waals surface area contributed by atoms with E-state index in [9.17, 15) is 10.2 Å². The van der Waals surface area contributed by atoms with Gasteiger partial charge in [0.25, 0.3) is 0 Å². The van der Waals surface area contributed by atoms with Gasteiger partial charge in [-0.25, -0.2) is 0 Å². The first-order valence-corrected chi connectivity index (χ1v) is 6.32. The second kappa shape index (κ2) is 5.51. The van der Waals surface area contributed by atoms with E-state index in [0.29, 0.717) is 11.1 Å². The standard InChI is InChI=1S/C14H12Cl2O2/c15-14(16)13(9-5-1-3-7-11(9)17)10-6-2-4-8-12(10)18/h1-8,13-14,17-18H. The third-order valence-corrected chi connectivity index (χ3v) is 3.30. The lowest BCUT2D eigenvalue weighted by atomic mass is 9.91. The van der Waals surface area contributed by atoms with Crippen LogP contribution in [0.4, 0.5) is 0 Å². The molecular weight excluding hydrogens is 271 g/mol. The summed E-state index contributed by atoms with van der Waals surface area (Å²) in [6.07, 6.45) is 0. The monoisotopic (exact) mass is 282 g/mol. The second-order valence-electron chi connectivity index (χ2n) is 3.93. The van der Waals surface area contributed by atoms with Crippen LogP contribution in [0.15, 0.2) is 48.5 Å². The van der Waals surface area contributed by atoms with E-state index in [1.54, 1.807) is 48.5 Å². The molecule has 2 nitrogen and oxygen atoms in total. The van der Waals surface area contributed by atoms with Crippen LogP contribution >= 0.6 is 23.2 Å². The smallest absolute Gasteiger partial charge is 0.119 e. The predicted molar refractivity (Wildman–Crippen MR) is 73.6 cm³/mol. The minimum atomic E-state index is -0.772. The molecule has 0 saturated heterocycles. The van der Waals surface area contributed by atoms with Crippen LogP contribution in [0.1, 0.15) is 17.0 Å². The molecule has 2 N–H and O–H groups in total. The first-order valence-electron chi connectivity index (χ1n) is 5.45. The fourth-order valence-corrected chi connectivity index (χ4v) is 2.48. The van der Waals surface area contributed by atoms with Gasteiger partial charge in [0.05, 0.1) is 0 Å². The van der Waals surface area contributed by atoms with Gasteiger partial charge in [-0.1, -0.05) is 36.4 Å². The molecule has 0 aliphatic carbocycles. The van der Waals surface area contributed by atoms with Crippen LogP contribution in [-0.4, -0.2) is 15.0 Å². The maximum atomic E-state index is 9.88. The van der Waals surface area contributed by atoms with Crippen LogP contribution in [-0.2, 0) is 0 Å². The van der Waals surface area contributed by atoms with Gasteiger partial charge in [0.2, 0.25) is 0 Å². The van der Waals surface area contributed by atoms with Gasteiger partial charge in [-0.3, -0.25) is 0 Å². The summed E-state index contributed by atoms with van der Waals surface area (Å²) in [5, 5.41) is 19.8. The largest absolute Gasteiger partial charge is 0.508 e.